The van der Waals surface area contributed by atoms with E-state index in [1.54, 1.807) is 17.9 Å². The van der Waals surface area contributed by atoms with Gasteiger partial charge in [-0.2, -0.15) is 0 Å². The first-order valence-electron chi connectivity index (χ1n) is 4.13. The average molecular weight is 199 g/mol. The Hall–Kier alpha value is -1.47. The second-order valence-corrected chi connectivity index (χ2v) is 2.90. The number of aromatic nitrogens is 3. The standard InChI is InChI=1S/C7H13N5O2/c1-12-5(3-10-11-12)2-9-4-6(13)7(8)14/h3,6,9,13H,2,4H2,1H3,(H2,8,14). The SMILES string of the molecule is Cn1nncc1CNCC(O)C(N)=O. The van der Waals surface area contributed by atoms with E-state index in [0.717, 1.165) is 5.69 Å². The molecule has 78 valence electrons. The molecule has 7 heteroatoms. The van der Waals surface area contributed by atoms with Crippen molar-refractivity contribution in [3.8, 4) is 0 Å². The van der Waals surface area contributed by atoms with E-state index in [9.17, 15) is 4.79 Å². The zero-order chi connectivity index (χ0) is 10.6. The van der Waals surface area contributed by atoms with Crippen molar-refractivity contribution in [1.29, 1.82) is 0 Å². The Balaban J connectivity index is 2.29. The lowest BCUT2D eigenvalue weighted by Crippen LogP contribution is -2.37. The third kappa shape index (κ3) is 2.79. The minimum Gasteiger partial charge on any atom is -0.382 e. The highest BCUT2D eigenvalue weighted by Crippen LogP contribution is 1.91. The van der Waals surface area contributed by atoms with Gasteiger partial charge in [-0.3, -0.25) is 9.48 Å². The molecule has 0 aromatic carbocycles. The molecule has 1 rings (SSSR count). The molecule has 1 unspecified atom stereocenters. The summed E-state index contributed by atoms with van der Waals surface area (Å²) >= 11 is 0. The minimum atomic E-state index is -1.16. The molecule has 0 aliphatic rings. The van der Waals surface area contributed by atoms with Crippen molar-refractivity contribution in [2.45, 2.75) is 12.6 Å². The molecule has 0 aliphatic carbocycles. The molecule has 0 aliphatic heterocycles. The first kappa shape index (κ1) is 10.6. The van der Waals surface area contributed by atoms with Crippen LogP contribution in [0.5, 0.6) is 0 Å². The third-order valence-corrected chi connectivity index (χ3v) is 1.78. The monoisotopic (exact) mass is 199 g/mol. The molecule has 0 saturated carbocycles. The Morgan fingerprint density at radius 1 is 1.86 bits per heavy atom. The lowest BCUT2D eigenvalue weighted by atomic mass is 10.3. The molecule has 1 heterocycles. The maximum Gasteiger partial charge on any atom is 0.247 e. The van der Waals surface area contributed by atoms with E-state index in [2.05, 4.69) is 15.6 Å². The highest BCUT2D eigenvalue weighted by molar-refractivity contribution is 5.78. The fourth-order valence-corrected chi connectivity index (χ4v) is 0.909. The predicted molar refractivity (Wildman–Crippen MR) is 47.9 cm³/mol. The molecule has 1 atom stereocenters. The number of carbonyl (C=O) groups is 1. The second kappa shape index (κ2) is 4.68. The molecular weight excluding hydrogens is 186 g/mol. The molecule has 0 bridgehead atoms. The zero-order valence-corrected chi connectivity index (χ0v) is 7.84. The number of rotatable bonds is 5. The van der Waals surface area contributed by atoms with Crippen molar-refractivity contribution < 1.29 is 9.90 Å². The van der Waals surface area contributed by atoms with E-state index in [-0.39, 0.29) is 6.54 Å². The summed E-state index contributed by atoms with van der Waals surface area (Å²) in [5.41, 5.74) is 5.73. The van der Waals surface area contributed by atoms with Gasteiger partial charge < -0.3 is 16.2 Å². The van der Waals surface area contributed by atoms with Gasteiger partial charge in [0.15, 0.2) is 0 Å². The molecule has 1 amide bonds. The van der Waals surface area contributed by atoms with Gasteiger partial charge in [0.25, 0.3) is 0 Å². The van der Waals surface area contributed by atoms with E-state index in [4.69, 9.17) is 10.8 Å². The molecule has 0 saturated heterocycles. The van der Waals surface area contributed by atoms with Crippen LogP contribution in [0, 0.1) is 0 Å². The van der Waals surface area contributed by atoms with Crippen LogP contribution in [-0.4, -0.2) is 38.7 Å². The number of carbonyl (C=O) groups excluding carboxylic acids is 1. The average Bonchev–Trinajstić information content (AvgIpc) is 2.51. The normalized spacial score (nSPS) is 12.7. The summed E-state index contributed by atoms with van der Waals surface area (Å²) < 4.78 is 1.60. The highest BCUT2D eigenvalue weighted by atomic mass is 16.3. The summed E-state index contributed by atoms with van der Waals surface area (Å²) in [6, 6.07) is 0. The van der Waals surface area contributed by atoms with Crippen LogP contribution in [0.15, 0.2) is 6.20 Å². The summed E-state index contributed by atoms with van der Waals surface area (Å²) in [7, 11) is 1.76. The predicted octanol–water partition coefficient (Wildman–Crippen LogP) is -2.25. The molecule has 0 spiro atoms. The van der Waals surface area contributed by atoms with Crippen molar-refractivity contribution in [3.63, 3.8) is 0 Å². The molecule has 14 heavy (non-hydrogen) atoms. The quantitative estimate of drug-likeness (QED) is 0.496. The Morgan fingerprint density at radius 3 is 3.07 bits per heavy atom. The van der Waals surface area contributed by atoms with E-state index >= 15 is 0 Å². The number of hydrogen-bond donors (Lipinski definition) is 3. The molecule has 4 N–H and O–H groups in total. The van der Waals surface area contributed by atoms with E-state index < -0.39 is 12.0 Å². The highest BCUT2D eigenvalue weighted by Gasteiger charge is 2.09. The number of nitrogens with zero attached hydrogens (tertiary/aromatic N) is 3. The minimum absolute atomic E-state index is 0.126. The Labute approximate surface area is 80.9 Å². The topological polar surface area (TPSA) is 106 Å². The summed E-state index contributed by atoms with van der Waals surface area (Å²) in [5.74, 6) is -0.736. The smallest absolute Gasteiger partial charge is 0.247 e. The molecule has 0 radical (unpaired) electrons. The van der Waals surface area contributed by atoms with Crippen LogP contribution in [0.25, 0.3) is 0 Å². The number of nitrogens with two attached hydrogens (primary N) is 1. The van der Waals surface area contributed by atoms with Gasteiger partial charge in [0.1, 0.15) is 6.10 Å². The van der Waals surface area contributed by atoms with Crippen LogP contribution in [-0.2, 0) is 18.4 Å². The number of aliphatic hydroxyl groups excluding tert-OH is 1. The number of nitrogens with one attached hydrogen (secondary N) is 1. The van der Waals surface area contributed by atoms with Crippen LogP contribution in [0.2, 0.25) is 0 Å². The Bertz CT molecular complexity index is 311. The maximum absolute atomic E-state index is 10.5. The second-order valence-electron chi connectivity index (χ2n) is 2.90. The van der Waals surface area contributed by atoms with Crippen LogP contribution < -0.4 is 11.1 Å². The molecule has 1 aromatic heterocycles. The lowest BCUT2D eigenvalue weighted by Gasteiger charge is -2.07. The molecule has 0 fully saturated rings. The van der Waals surface area contributed by atoms with Gasteiger partial charge in [0.05, 0.1) is 11.9 Å². The van der Waals surface area contributed by atoms with Crippen molar-refractivity contribution in [3.05, 3.63) is 11.9 Å². The van der Waals surface area contributed by atoms with Gasteiger partial charge in [-0.15, -0.1) is 5.10 Å². The zero-order valence-electron chi connectivity index (χ0n) is 7.84. The summed E-state index contributed by atoms with van der Waals surface area (Å²) in [5, 5.41) is 19.3. The van der Waals surface area contributed by atoms with E-state index in [0.29, 0.717) is 6.54 Å². The van der Waals surface area contributed by atoms with Gasteiger partial charge in [-0.25, -0.2) is 0 Å². The number of hydrogen-bond acceptors (Lipinski definition) is 5. The Kier molecular flexibility index (Phi) is 3.55. The molecular formula is C7H13N5O2. The molecule has 1 aromatic rings. The first-order chi connectivity index (χ1) is 6.61. The number of amides is 1. The summed E-state index contributed by atoms with van der Waals surface area (Å²) in [6.07, 6.45) is 0.445. The van der Waals surface area contributed by atoms with E-state index in [1.165, 1.54) is 0 Å². The first-order valence-corrected chi connectivity index (χ1v) is 4.13. The Morgan fingerprint density at radius 2 is 2.57 bits per heavy atom. The van der Waals surface area contributed by atoms with Crippen molar-refractivity contribution >= 4 is 5.91 Å². The van der Waals surface area contributed by atoms with Crippen LogP contribution in [0.1, 0.15) is 5.69 Å². The third-order valence-electron chi connectivity index (χ3n) is 1.78. The number of aliphatic hydroxyl groups is 1. The van der Waals surface area contributed by atoms with Gasteiger partial charge in [0, 0.05) is 20.1 Å². The summed E-state index contributed by atoms with van der Waals surface area (Å²) in [6.45, 7) is 0.606. The fourth-order valence-electron chi connectivity index (χ4n) is 0.909. The maximum atomic E-state index is 10.5. The van der Waals surface area contributed by atoms with E-state index in [1.807, 2.05) is 0 Å². The van der Waals surface area contributed by atoms with Crippen LogP contribution in [0.4, 0.5) is 0 Å². The van der Waals surface area contributed by atoms with Gasteiger partial charge >= 0.3 is 0 Å². The van der Waals surface area contributed by atoms with Gasteiger partial charge in [-0.05, 0) is 0 Å². The van der Waals surface area contributed by atoms with Crippen LogP contribution >= 0.6 is 0 Å². The fraction of sp³-hybridized carbons (Fsp3) is 0.571. The van der Waals surface area contributed by atoms with Crippen molar-refractivity contribution in [2.24, 2.45) is 12.8 Å². The largest absolute Gasteiger partial charge is 0.382 e. The van der Waals surface area contributed by atoms with Gasteiger partial charge in [-0.1, -0.05) is 5.21 Å². The summed E-state index contributed by atoms with van der Waals surface area (Å²) in [4.78, 5) is 10.5. The lowest BCUT2D eigenvalue weighted by molar-refractivity contribution is -0.125. The van der Waals surface area contributed by atoms with Crippen LogP contribution in [0.3, 0.4) is 0 Å². The number of primary amides is 1. The van der Waals surface area contributed by atoms with Gasteiger partial charge in [0.2, 0.25) is 5.91 Å². The molecule has 7 nitrogen and oxygen atoms in total. The number of aryl methyl sites for hydroxylation is 1. The van der Waals surface area contributed by atoms with Crippen molar-refractivity contribution in [2.75, 3.05) is 6.54 Å². The van der Waals surface area contributed by atoms with Crippen molar-refractivity contribution in [1.82, 2.24) is 20.3 Å².